The van der Waals surface area contributed by atoms with E-state index in [-0.39, 0.29) is 30.3 Å². The van der Waals surface area contributed by atoms with Crippen LogP contribution in [-0.4, -0.2) is 53.8 Å². The molecule has 0 bridgehead atoms. The Hall–Kier alpha value is -2.21. The van der Waals surface area contributed by atoms with Crippen molar-refractivity contribution < 1.29 is 19.1 Å². The highest BCUT2D eigenvalue weighted by molar-refractivity contribution is 5.99. The van der Waals surface area contributed by atoms with Crippen molar-refractivity contribution in [2.75, 3.05) is 13.2 Å². The predicted molar refractivity (Wildman–Crippen MR) is 108 cm³/mol. The first-order valence-electron chi connectivity index (χ1n) is 10.9. The number of hydrogen-bond donors (Lipinski definition) is 1. The Labute approximate surface area is 172 Å². The summed E-state index contributed by atoms with van der Waals surface area (Å²) in [5.74, 6) is 0.0504. The van der Waals surface area contributed by atoms with E-state index in [0.29, 0.717) is 24.4 Å². The van der Waals surface area contributed by atoms with Crippen molar-refractivity contribution in [1.82, 2.24) is 10.2 Å². The first-order chi connectivity index (χ1) is 14.1. The van der Waals surface area contributed by atoms with Gasteiger partial charge in [0.25, 0.3) is 5.91 Å². The fourth-order valence-corrected chi connectivity index (χ4v) is 5.05. The Morgan fingerprint density at radius 3 is 2.59 bits per heavy atom. The van der Waals surface area contributed by atoms with Gasteiger partial charge in [-0.15, -0.1) is 0 Å². The van der Waals surface area contributed by atoms with Crippen LogP contribution in [0, 0.1) is 5.92 Å². The lowest BCUT2D eigenvalue weighted by Crippen LogP contribution is -2.58. The molecule has 1 aromatic rings. The van der Waals surface area contributed by atoms with Crippen LogP contribution in [0.1, 0.15) is 61.7 Å². The highest BCUT2D eigenvalue weighted by atomic mass is 16.5. The highest BCUT2D eigenvalue weighted by Crippen LogP contribution is 2.30. The summed E-state index contributed by atoms with van der Waals surface area (Å²) in [4.78, 5) is 40.4. The Morgan fingerprint density at radius 2 is 1.83 bits per heavy atom. The summed E-state index contributed by atoms with van der Waals surface area (Å²) in [6.07, 6.45) is 7.87. The first kappa shape index (κ1) is 20.1. The molecule has 1 N–H and O–H groups in total. The number of nitrogens with one attached hydrogen (secondary N) is 1. The van der Waals surface area contributed by atoms with Gasteiger partial charge in [0.1, 0.15) is 18.7 Å². The molecule has 0 aromatic heterocycles. The second kappa shape index (κ2) is 9.08. The number of fused-ring (bicyclic) bond motifs is 1. The highest BCUT2D eigenvalue weighted by Gasteiger charge is 2.46. The maximum absolute atomic E-state index is 13.5. The average molecular weight is 399 g/mol. The zero-order valence-electron chi connectivity index (χ0n) is 16.8. The summed E-state index contributed by atoms with van der Waals surface area (Å²) < 4.78 is 5.60. The van der Waals surface area contributed by atoms with E-state index in [1.165, 1.54) is 19.3 Å². The fraction of sp³-hybridized carbons (Fsp3) is 0.609. The lowest BCUT2D eigenvalue weighted by Gasteiger charge is -2.38. The van der Waals surface area contributed by atoms with Gasteiger partial charge in [-0.05, 0) is 37.3 Å². The van der Waals surface area contributed by atoms with Crippen LogP contribution in [0.4, 0.5) is 0 Å². The predicted octanol–water partition coefficient (Wildman–Crippen LogP) is 2.71. The number of carbonyl (C=O) groups excluding carboxylic acids is 3. The molecule has 2 heterocycles. The molecule has 2 aliphatic heterocycles. The zero-order chi connectivity index (χ0) is 20.2. The van der Waals surface area contributed by atoms with Crippen molar-refractivity contribution in [2.24, 2.45) is 5.92 Å². The number of carbonyl (C=O) groups is 3. The van der Waals surface area contributed by atoms with Gasteiger partial charge in [-0.3, -0.25) is 14.4 Å². The van der Waals surface area contributed by atoms with Crippen LogP contribution in [0.15, 0.2) is 30.3 Å². The molecule has 1 aliphatic carbocycles. The van der Waals surface area contributed by atoms with Crippen LogP contribution in [0.3, 0.4) is 0 Å². The van der Waals surface area contributed by atoms with Gasteiger partial charge in [0.2, 0.25) is 5.91 Å². The van der Waals surface area contributed by atoms with Crippen molar-refractivity contribution in [2.45, 2.75) is 69.6 Å². The number of likely N-dealkylation sites (tertiary alicyclic amines) is 1. The van der Waals surface area contributed by atoms with Crippen LogP contribution < -0.4 is 5.32 Å². The van der Waals surface area contributed by atoms with Gasteiger partial charge in [0.05, 0.1) is 6.10 Å². The van der Waals surface area contributed by atoms with Gasteiger partial charge >= 0.3 is 0 Å². The Balaban J connectivity index is 1.52. The summed E-state index contributed by atoms with van der Waals surface area (Å²) in [5, 5.41) is 2.99. The molecule has 0 radical (unpaired) electrons. The van der Waals surface area contributed by atoms with Crippen LogP contribution in [0.5, 0.6) is 0 Å². The van der Waals surface area contributed by atoms with Crippen molar-refractivity contribution in [3.63, 3.8) is 0 Å². The Kier molecular flexibility index (Phi) is 6.28. The molecule has 29 heavy (non-hydrogen) atoms. The molecular weight excluding hydrogens is 368 g/mol. The molecule has 2 amide bonds. The van der Waals surface area contributed by atoms with Crippen molar-refractivity contribution in [3.8, 4) is 0 Å². The summed E-state index contributed by atoms with van der Waals surface area (Å²) in [5.41, 5.74) is 0.547. The fourth-order valence-electron chi connectivity index (χ4n) is 5.05. The Bertz CT molecular complexity index is 745. The molecule has 3 unspecified atom stereocenters. The molecule has 1 saturated carbocycles. The molecule has 6 nitrogen and oxygen atoms in total. The van der Waals surface area contributed by atoms with E-state index in [9.17, 15) is 14.4 Å². The average Bonchev–Trinajstić information content (AvgIpc) is 3.15. The molecule has 3 fully saturated rings. The number of piperidine rings is 1. The van der Waals surface area contributed by atoms with E-state index in [1.54, 1.807) is 17.0 Å². The van der Waals surface area contributed by atoms with Gasteiger partial charge in [-0.1, -0.05) is 50.3 Å². The molecule has 2 saturated heterocycles. The largest absolute Gasteiger partial charge is 0.368 e. The van der Waals surface area contributed by atoms with E-state index >= 15 is 0 Å². The number of ether oxygens (including phenoxy) is 1. The van der Waals surface area contributed by atoms with E-state index in [0.717, 1.165) is 25.7 Å². The van der Waals surface area contributed by atoms with Crippen molar-refractivity contribution in [3.05, 3.63) is 35.9 Å². The van der Waals surface area contributed by atoms with Gasteiger partial charge in [0, 0.05) is 12.1 Å². The summed E-state index contributed by atoms with van der Waals surface area (Å²) in [7, 11) is 0. The van der Waals surface area contributed by atoms with Crippen LogP contribution in [0.25, 0.3) is 0 Å². The van der Waals surface area contributed by atoms with E-state index in [1.807, 2.05) is 18.2 Å². The number of nitrogens with zero attached hydrogens (tertiary/aromatic N) is 1. The smallest absolute Gasteiger partial charge is 0.251 e. The van der Waals surface area contributed by atoms with Crippen LogP contribution in [0.2, 0.25) is 0 Å². The van der Waals surface area contributed by atoms with Crippen LogP contribution in [-0.2, 0) is 14.3 Å². The molecule has 0 spiro atoms. The van der Waals surface area contributed by atoms with Crippen molar-refractivity contribution >= 4 is 17.6 Å². The van der Waals surface area contributed by atoms with Gasteiger partial charge < -0.3 is 15.0 Å². The monoisotopic (exact) mass is 398 g/mol. The van der Waals surface area contributed by atoms with E-state index in [4.69, 9.17) is 4.74 Å². The van der Waals surface area contributed by atoms with Gasteiger partial charge in [-0.25, -0.2) is 0 Å². The lowest BCUT2D eigenvalue weighted by molar-refractivity contribution is -0.142. The SMILES string of the molecule is O=C(NC(CC1CCCCC1)C(=O)N1CCCC2OCC(=O)C21)c1ccccc1. The molecule has 156 valence electrons. The third-order valence-corrected chi connectivity index (χ3v) is 6.56. The number of hydrogen-bond acceptors (Lipinski definition) is 4. The topological polar surface area (TPSA) is 75.7 Å². The minimum atomic E-state index is -0.599. The lowest BCUT2D eigenvalue weighted by atomic mass is 9.84. The summed E-state index contributed by atoms with van der Waals surface area (Å²) in [6.45, 7) is 0.639. The zero-order valence-corrected chi connectivity index (χ0v) is 16.8. The third-order valence-electron chi connectivity index (χ3n) is 6.56. The minimum absolute atomic E-state index is 0.0196. The molecule has 6 heteroatoms. The molecule has 3 atom stereocenters. The van der Waals surface area contributed by atoms with E-state index in [2.05, 4.69) is 5.32 Å². The molecule has 3 aliphatic rings. The number of rotatable bonds is 5. The Morgan fingerprint density at radius 1 is 1.07 bits per heavy atom. The third kappa shape index (κ3) is 4.53. The number of ketones is 1. The quantitative estimate of drug-likeness (QED) is 0.828. The van der Waals surface area contributed by atoms with Crippen molar-refractivity contribution in [1.29, 1.82) is 0 Å². The molecule has 4 rings (SSSR count). The second-order valence-electron chi connectivity index (χ2n) is 8.57. The van der Waals surface area contributed by atoms with Crippen LogP contribution >= 0.6 is 0 Å². The number of Topliss-reactive ketones (excluding diaryl/α,β-unsaturated/α-hetero) is 1. The van der Waals surface area contributed by atoms with E-state index < -0.39 is 12.1 Å². The normalized spacial score (nSPS) is 26.1. The standard InChI is InChI=1S/C23H30N2O4/c26-19-15-29-20-12-7-13-25(21(19)20)23(28)18(14-16-8-3-1-4-9-16)24-22(27)17-10-5-2-6-11-17/h2,5-6,10-11,16,18,20-21H,1,3-4,7-9,12-15H2,(H,24,27). The van der Waals surface area contributed by atoms with Gasteiger partial charge in [-0.2, -0.15) is 0 Å². The van der Waals surface area contributed by atoms with Gasteiger partial charge in [0.15, 0.2) is 5.78 Å². The number of benzene rings is 1. The first-order valence-corrected chi connectivity index (χ1v) is 10.9. The maximum atomic E-state index is 13.5. The maximum Gasteiger partial charge on any atom is 0.251 e. The molecule has 1 aromatic carbocycles. The summed E-state index contributed by atoms with van der Waals surface area (Å²) >= 11 is 0. The molecular formula is C23H30N2O4. The second-order valence-corrected chi connectivity index (χ2v) is 8.57. The minimum Gasteiger partial charge on any atom is -0.368 e. The summed E-state index contributed by atoms with van der Waals surface area (Å²) in [6, 6.07) is 7.91. The number of amides is 2.